The van der Waals surface area contributed by atoms with Gasteiger partial charge in [0.25, 0.3) is 0 Å². The Labute approximate surface area is 52.7 Å². The van der Waals surface area contributed by atoms with Crippen LogP contribution in [0.1, 0.15) is 0 Å². The largest absolute Gasteiger partial charge is 0.919 e. The van der Waals surface area contributed by atoms with Crippen LogP contribution >= 0.6 is 0 Å². The summed E-state index contributed by atoms with van der Waals surface area (Å²) < 4.78 is 0. The summed E-state index contributed by atoms with van der Waals surface area (Å²) in [6.45, 7) is 0. The zero-order valence-corrected chi connectivity index (χ0v) is 4.29. The van der Waals surface area contributed by atoms with Crippen LogP contribution in [0.3, 0.4) is 0 Å². The van der Waals surface area contributed by atoms with Crippen LogP contribution in [0.2, 0.25) is 0 Å². The van der Waals surface area contributed by atoms with Gasteiger partial charge in [0.1, 0.15) is 0 Å². The van der Waals surface area contributed by atoms with Crippen molar-refractivity contribution in [1.82, 2.24) is 0 Å². The molecule has 0 N–H and O–H groups in total. The van der Waals surface area contributed by atoms with Crippen LogP contribution in [0.4, 0.5) is 0 Å². The Morgan fingerprint density at radius 2 is 1.00 bits per heavy atom. The molecule has 0 unspecified atom stereocenters. The number of hydrogen-bond donors (Lipinski definition) is 0. The maximum atomic E-state index is 9.47. The number of rotatable bonds is 3. The van der Waals surface area contributed by atoms with Gasteiger partial charge in [-0.3, -0.25) is 30.3 Å². The van der Waals surface area contributed by atoms with E-state index >= 15 is 0 Å². The van der Waals surface area contributed by atoms with Gasteiger partial charge in [0, 0.05) is 0 Å². The highest BCUT2D eigenvalue weighted by Gasteiger charge is 2.56. The van der Waals surface area contributed by atoms with Crippen LogP contribution in [0.25, 0.3) is 0 Å². The number of nitrogens with zero attached hydrogens (tertiary/aromatic N) is 3. The lowest BCUT2D eigenvalue weighted by atomic mass is 10.9. The van der Waals surface area contributed by atoms with Crippen molar-refractivity contribution >= 4 is 0 Å². The molecule has 0 bridgehead atoms. The van der Waals surface area contributed by atoms with E-state index in [4.69, 9.17) is 0 Å². The molecule has 0 spiro atoms. The first kappa shape index (κ1) is 8.20. The lowest BCUT2D eigenvalue weighted by Gasteiger charge is -1.84. The number of hydrogen-bond acceptors (Lipinski definition) is 6. The molecule has 0 amide bonds. The minimum atomic E-state index is -2.14. The Bertz CT molecular complexity index is 152. The Hall–Kier alpha value is -1.80. The van der Waals surface area contributed by atoms with Crippen molar-refractivity contribution in [1.29, 1.82) is 0 Å². The van der Waals surface area contributed by atoms with Crippen LogP contribution < -0.4 is 0 Å². The molecular formula is CN3O6. The van der Waals surface area contributed by atoms with Gasteiger partial charge in [0.2, 0.25) is 0 Å². The summed E-state index contributed by atoms with van der Waals surface area (Å²) in [5.74, 6) is 0. The third kappa shape index (κ3) is 1.61. The van der Waals surface area contributed by atoms with Crippen molar-refractivity contribution < 1.29 is 14.8 Å². The molecule has 0 aliphatic carbocycles. The van der Waals surface area contributed by atoms with E-state index in [1.165, 1.54) is 0 Å². The van der Waals surface area contributed by atoms with Gasteiger partial charge in [-0.15, -0.1) is 0 Å². The standard InChI is InChI=1S/CN3O6/c5-2(6)1(3(7)8)4(9)10. The van der Waals surface area contributed by atoms with Gasteiger partial charge in [-0.2, -0.15) is 0 Å². The molecule has 0 saturated heterocycles. The van der Waals surface area contributed by atoms with E-state index in [0.717, 1.165) is 0 Å². The normalized spacial score (nSPS) is 9.30. The molecule has 0 aromatic carbocycles. The minimum absolute atomic E-state index is 1.67. The summed E-state index contributed by atoms with van der Waals surface area (Å²) in [7, 11) is 0. The molecule has 0 aliphatic rings. The van der Waals surface area contributed by atoms with Crippen molar-refractivity contribution in [2.75, 3.05) is 0 Å². The summed E-state index contributed by atoms with van der Waals surface area (Å²) in [6, 6.07) is 0. The fraction of sp³-hybridized carbons (Fsp3) is 0. The zero-order chi connectivity index (χ0) is 8.31. The van der Waals surface area contributed by atoms with Crippen LogP contribution in [-0.4, -0.2) is 14.8 Å². The van der Waals surface area contributed by atoms with E-state index in [2.05, 4.69) is 0 Å². The lowest BCUT2D eigenvalue weighted by molar-refractivity contribution is -0.832. The minimum Gasteiger partial charge on any atom is -0.252 e. The van der Waals surface area contributed by atoms with E-state index in [1.54, 1.807) is 0 Å². The predicted molar refractivity (Wildman–Crippen MR) is 24.2 cm³/mol. The van der Waals surface area contributed by atoms with Gasteiger partial charge >= 0.3 is 6.29 Å². The maximum absolute atomic E-state index is 9.47. The molecule has 0 fully saturated rings. The van der Waals surface area contributed by atoms with Crippen molar-refractivity contribution in [3.05, 3.63) is 36.6 Å². The highest BCUT2D eigenvalue weighted by molar-refractivity contribution is 4.39. The van der Waals surface area contributed by atoms with Crippen LogP contribution in [0.15, 0.2) is 0 Å². The molecule has 0 rings (SSSR count). The molecule has 0 atom stereocenters. The Balaban J connectivity index is 4.43. The van der Waals surface area contributed by atoms with E-state index in [1.807, 2.05) is 0 Å². The second-order valence-electron chi connectivity index (χ2n) is 1.07. The van der Waals surface area contributed by atoms with Crippen LogP contribution in [0.5, 0.6) is 0 Å². The molecule has 0 aliphatic heterocycles. The van der Waals surface area contributed by atoms with Gasteiger partial charge in [-0.1, -0.05) is 0 Å². The fourth-order valence-electron chi connectivity index (χ4n) is 0.200. The van der Waals surface area contributed by atoms with E-state index in [0.29, 0.717) is 0 Å². The number of nitro groups is 3. The molecular weight excluding hydrogens is 150 g/mol. The summed E-state index contributed by atoms with van der Waals surface area (Å²) in [5, 5.41) is 28.4. The molecule has 55 valence electrons. The van der Waals surface area contributed by atoms with Crippen molar-refractivity contribution in [2.24, 2.45) is 0 Å². The Morgan fingerprint density at radius 3 is 1.00 bits per heavy atom. The average molecular weight is 150 g/mol. The highest BCUT2D eigenvalue weighted by Crippen LogP contribution is 2.00. The molecule has 0 aromatic rings. The monoisotopic (exact) mass is 150 g/mol. The topological polar surface area (TPSA) is 129 Å². The Morgan fingerprint density at radius 1 is 0.800 bits per heavy atom. The predicted octanol–water partition coefficient (Wildman–Crippen LogP) is -0.737. The molecule has 0 saturated carbocycles. The summed E-state index contributed by atoms with van der Waals surface area (Å²) in [4.78, 5) is 23.4. The first-order valence-electron chi connectivity index (χ1n) is 1.77. The smallest absolute Gasteiger partial charge is 0.252 e. The zero-order valence-electron chi connectivity index (χ0n) is 4.29. The molecule has 0 heterocycles. The Kier molecular flexibility index (Phi) is 2.18. The first-order valence-corrected chi connectivity index (χ1v) is 1.77. The summed E-state index contributed by atoms with van der Waals surface area (Å²) in [6.07, 6.45) is -2.14. The second-order valence-corrected chi connectivity index (χ2v) is 1.07. The van der Waals surface area contributed by atoms with Gasteiger partial charge in [0.05, 0.1) is 0 Å². The highest BCUT2D eigenvalue weighted by atomic mass is 16.7. The third-order valence-electron chi connectivity index (χ3n) is 0.490. The fourth-order valence-corrected chi connectivity index (χ4v) is 0.200. The van der Waals surface area contributed by atoms with Crippen molar-refractivity contribution in [3.8, 4) is 0 Å². The van der Waals surface area contributed by atoms with Crippen molar-refractivity contribution in [2.45, 2.75) is 0 Å². The first-order chi connectivity index (χ1) is 4.46. The van der Waals surface area contributed by atoms with Crippen LogP contribution in [-0.2, 0) is 0 Å². The van der Waals surface area contributed by atoms with Gasteiger partial charge in [-0.25, -0.2) is 0 Å². The third-order valence-corrected chi connectivity index (χ3v) is 0.490. The molecule has 10 heavy (non-hydrogen) atoms. The lowest BCUT2D eigenvalue weighted by Crippen LogP contribution is -2.27. The summed E-state index contributed by atoms with van der Waals surface area (Å²) in [5.41, 5.74) is 0. The van der Waals surface area contributed by atoms with Gasteiger partial charge < -0.3 is 0 Å². The van der Waals surface area contributed by atoms with Gasteiger partial charge in [0.15, 0.2) is 14.8 Å². The summed E-state index contributed by atoms with van der Waals surface area (Å²) >= 11 is 0. The molecule has 0 aromatic heterocycles. The average Bonchev–Trinajstić information content (AvgIpc) is 1.59. The van der Waals surface area contributed by atoms with Gasteiger partial charge in [-0.05, 0) is 0 Å². The van der Waals surface area contributed by atoms with Crippen LogP contribution in [0, 0.1) is 36.6 Å². The van der Waals surface area contributed by atoms with Crippen molar-refractivity contribution in [3.63, 3.8) is 0 Å². The maximum Gasteiger partial charge on any atom is 0.919 e. The molecule has 9 nitrogen and oxygen atoms in total. The molecule has 1 radical (unpaired) electrons. The van der Waals surface area contributed by atoms with E-state index in [-0.39, 0.29) is 0 Å². The quantitative estimate of drug-likeness (QED) is 0.384. The SMILES string of the molecule is O=[N+]([O-])[C]([N+](=O)[O-])[N+](=O)[O-]. The second kappa shape index (κ2) is 2.66. The van der Waals surface area contributed by atoms with E-state index < -0.39 is 21.1 Å². The van der Waals surface area contributed by atoms with E-state index in [9.17, 15) is 30.3 Å². The molecule has 9 heteroatoms.